The van der Waals surface area contributed by atoms with E-state index in [1.165, 1.54) is 0 Å². The van der Waals surface area contributed by atoms with Crippen molar-refractivity contribution in [3.63, 3.8) is 0 Å². The summed E-state index contributed by atoms with van der Waals surface area (Å²) < 4.78 is 17.4. The Morgan fingerprint density at radius 2 is 2.00 bits per heavy atom. The van der Waals surface area contributed by atoms with Gasteiger partial charge in [0.1, 0.15) is 5.75 Å². The van der Waals surface area contributed by atoms with E-state index in [0.717, 1.165) is 53.2 Å². The molecule has 1 N–H and O–H groups in total. The molecule has 0 spiro atoms. The molecule has 1 saturated heterocycles. The molecule has 5 rings (SSSR count). The van der Waals surface area contributed by atoms with Crippen LogP contribution in [0.2, 0.25) is 0 Å². The third-order valence-corrected chi connectivity index (χ3v) is 6.80. The molecule has 0 amide bonds. The minimum atomic E-state index is -0.232. The van der Waals surface area contributed by atoms with E-state index in [4.69, 9.17) is 31.2 Å². The van der Waals surface area contributed by atoms with E-state index in [1.54, 1.807) is 0 Å². The number of aromatic nitrogens is 2. The summed E-state index contributed by atoms with van der Waals surface area (Å²) >= 11 is 5.82. The van der Waals surface area contributed by atoms with Crippen molar-refractivity contribution in [3.8, 4) is 17.1 Å². The van der Waals surface area contributed by atoms with Crippen molar-refractivity contribution in [3.05, 3.63) is 71.2 Å². The standard InChI is InChI=1S/C27H30N4O3S/c1-4-32-21-12-10-19(11-13-21)24-23(18(3)31(27(35)28-24)16-22-9-6-14-33-22)26-29-25(30-34-26)20-8-5-7-17(2)15-20/h5,7-8,10-13,15,22,24H,4,6,9,14,16H2,1-3H3,(H,28,35). The Labute approximate surface area is 211 Å². The lowest BCUT2D eigenvalue weighted by molar-refractivity contribution is 0.0962. The number of nitrogens with zero attached hydrogens (tertiary/aromatic N) is 3. The van der Waals surface area contributed by atoms with Gasteiger partial charge in [-0.15, -0.1) is 0 Å². The Morgan fingerprint density at radius 3 is 2.71 bits per heavy atom. The molecule has 35 heavy (non-hydrogen) atoms. The molecule has 3 aromatic rings. The molecule has 2 aliphatic heterocycles. The van der Waals surface area contributed by atoms with Gasteiger partial charge in [0.2, 0.25) is 5.82 Å². The Morgan fingerprint density at radius 1 is 1.17 bits per heavy atom. The van der Waals surface area contributed by atoms with Crippen LogP contribution in [0.1, 0.15) is 49.7 Å². The van der Waals surface area contributed by atoms with Crippen molar-refractivity contribution < 1.29 is 14.0 Å². The van der Waals surface area contributed by atoms with Gasteiger partial charge in [-0.25, -0.2) is 0 Å². The molecule has 2 aromatic carbocycles. The summed E-state index contributed by atoms with van der Waals surface area (Å²) in [5.41, 5.74) is 5.00. The van der Waals surface area contributed by atoms with E-state index in [9.17, 15) is 0 Å². The normalized spacial score (nSPS) is 20.3. The highest BCUT2D eigenvalue weighted by molar-refractivity contribution is 7.80. The fraction of sp³-hybridized carbons (Fsp3) is 0.370. The molecule has 182 valence electrons. The van der Waals surface area contributed by atoms with Gasteiger partial charge in [0, 0.05) is 17.9 Å². The predicted molar refractivity (Wildman–Crippen MR) is 139 cm³/mol. The second kappa shape index (κ2) is 10.2. The smallest absolute Gasteiger partial charge is 0.258 e. The van der Waals surface area contributed by atoms with Gasteiger partial charge in [-0.1, -0.05) is 41.1 Å². The highest BCUT2D eigenvalue weighted by atomic mass is 32.1. The van der Waals surface area contributed by atoms with Crippen LogP contribution < -0.4 is 10.1 Å². The van der Waals surface area contributed by atoms with E-state index in [0.29, 0.717) is 30.0 Å². The minimum Gasteiger partial charge on any atom is -0.494 e. The van der Waals surface area contributed by atoms with Crippen molar-refractivity contribution in [2.75, 3.05) is 19.8 Å². The molecule has 2 atom stereocenters. The molecule has 2 aliphatic rings. The predicted octanol–water partition coefficient (Wildman–Crippen LogP) is 5.29. The van der Waals surface area contributed by atoms with Crippen LogP contribution in [0, 0.1) is 6.92 Å². The molecule has 7 nitrogen and oxygen atoms in total. The summed E-state index contributed by atoms with van der Waals surface area (Å²) in [4.78, 5) is 6.91. The number of benzene rings is 2. The SMILES string of the molecule is CCOc1ccc(C2NC(=S)N(CC3CCCO3)C(C)=C2c2nc(-c3cccc(C)c3)no2)cc1. The third-order valence-electron chi connectivity index (χ3n) is 6.46. The molecule has 0 saturated carbocycles. The summed E-state index contributed by atoms with van der Waals surface area (Å²) in [7, 11) is 0. The number of hydrogen-bond acceptors (Lipinski definition) is 6. The Kier molecular flexibility index (Phi) is 6.83. The number of ether oxygens (including phenoxy) is 2. The second-order valence-corrected chi connectivity index (χ2v) is 9.31. The van der Waals surface area contributed by atoms with Crippen LogP contribution in [0.3, 0.4) is 0 Å². The lowest BCUT2D eigenvalue weighted by Crippen LogP contribution is -2.48. The molecular weight excluding hydrogens is 460 g/mol. The zero-order chi connectivity index (χ0) is 24.4. The topological polar surface area (TPSA) is 72.7 Å². The van der Waals surface area contributed by atoms with Gasteiger partial charge < -0.3 is 24.2 Å². The van der Waals surface area contributed by atoms with Gasteiger partial charge in [0.15, 0.2) is 5.11 Å². The van der Waals surface area contributed by atoms with Crippen LogP contribution in [-0.2, 0) is 4.74 Å². The number of aryl methyl sites for hydroxylation is 1. The minimum absolute atomic E-state index is 0.151. The summed E-state index contributed by atoms with van der Waals surface area (Å²) in [6.45, 7) is 8.20. The van der Waals surface area contributed by atoms with E-state index < -0.39 is 0 Å². The first-order valence-electron chi connectivity index (χ1n) is 12.1. The molecule has 0 bridgehead atoms. The maximum atomic E-state index is 5.90. The first kappa shape index (κ1) is 23.5. The van der Waals surface area contributed by atoms with Crippen LogP contribution in [-0.4, -0.2) is 46.0 Å². The van der Waals surface area contributed by atoms with E-state index in [1.807, 2.05) is 56.3 Å². The zero-order valence-corrected chi connectivity index (χ0v) is 21.1. The molecule has 0 radical (unpaired) electrons. The molecule has 8 heteroatoms. The second-order valence-electron chi connectivity index (χ2n) is 8.92. The fourth-order valence-electron chi connectivity index (χ4n) is 4.68. The summed E-state index contributed by atoms with van der Waals surface area (Å²) in [5.74, 6) is 1.87. The maximum absolute atomic E-state index is 5.90. The van der Waals surface area contributed by atoms with Gasteiger partial charge in [0.25, 0.3) is 5.89 Å². The van der Waals surface area contributed by atoms with E-state index in [-0.39, 0.29) is 12.1 Å². The summed E-state index contributed by atoms with van der Waals surface area (Å²) in [6, 6.07) is 15.9. The van der Waals surface area contributed by atoms with Gasteiger partial charge in [-0.05, 0) is 69.6 Å². The quantitative estimate of drug-likeness (QED) is 0.448. The van der Waals surface area contributed by atoms with Crippen molar-refractivity contribution in [2.45, 2.75) is 45.8 Å². The number of rotatable bonds is 7. The molecule has 3 heterocycles. The average molecular weight is 491 g/mol. The van der Waals surface area contributed by atoms with Gasteiger partial charge >= 0.3 is 0 Å². The monoisotopic (exact) mass is 490 g/mol. The molecule has 0 aliphatic carbocycles. The summed E-state index contributed by atoms with van der Waals surface area (Å²) in [6.07, 6.45) is 2.26. The fourth-order valence-corrected chi connectivity index (χ4v) is 5.01. The lowest BCUT2D eigenvalue weighted by Gasteiger charge is -2.38. The Bertz CT molecular complexity index is 1230. The van der Waals surface area contributed by atoms with Crippen molar-refractivity contribution >= 4 is 22.9 Å². The van der Waals surface area contributed by atoms with Crippen LogP contribution >= 0.6 is 12.2 Å². The number of nitrogens with one attached hydrogen (secondary N) is 1. The zero-order valence-electron chi connectivity index (χ0n) is 20.3. The van der Waals surface area contributed by atoms with Crippen molar-refractivity contribution in [1.82, 2.24) is 20.4 Å². The number of thiocarbonyl (C=S) groups is 1. The average Bonchev–Trinajstić information content (AvgIpc) is 3.55. The Balaban J connectivity index is 1.55. The first-order chi connectivity index (χ1) is 17.0. The molecular formula is C27H30N4O3S. The number of hydrogen-bond donors (Lipinski definition) is 1. The van der Waals surface area contributed by atoms with Gasteiger partial charge in [-0.3, -0.25) is 0 Å². The van der Waals surface area contributed by atoms with Crippen LogP contribution in [0.25, 0.3) is 17.0 Å². The highest BCUT2D eigenvalue weighted by Gasteiger charge is 2.35. The molecule has 1 fully saturated rings. The first-order valence-corrected chi connectivity index (χ1v) is 12.5. The number of allylic oxidation sites excluding steroid dienone is 1. The van der Waals surface area contributed by atoms with Crippen molar-refractivity contribution in [1.29, 1.82) is 0 Å². The largest absolute Gasteiger partial charge is 0.494 e. The van der Waals surface area contributed by atoms with Gasteiger partial charge in [-0.2, -0.15) is 4.98 Å². The Hall–Kier alpha value is -3.23. The van der Waals surface area contributed by atoms with E-state index in [2.05, 4.69) is 28.4 Å². The molecule has 1 aromatic heterocycles. The highest BCUT2D eigenvalue weighted by Crippen LogP contribution is 2.38. The van der Waals surface area contributed by atoms with E-state index >= 15 is 0 Å². The maximum Gasteiger partial charge on any atom is 0.258 e. The van der Waals surface area contributed by atoms with Crippen LogP contribution in [0.15, 0.2) is 58.8 Å². The van der Waals surface area contributed by atoms with Crippen molar-refractivity contribution in [2.24, 2.45) is 0 Å². The lowest BCUT2D eigenvalue weighted by atomic mass is 9.94. The molecule has 2 unspecified atom stereocenters. The summed E-state index contributed by atoms with van der Waals surface area (Å²) in [5, 5.41) is 8.49. The van der Waals surface area contributed by atoms with Crippen LogP contribution in [0.4, 0.5) is 0 Å². The van der Waals surface area contributed by atoms with Crippen LogP contribution in [0.5, 0.6) is 5.75 Å². The van der Waals surface area contributed by atoms with Gasteiger partial charge in [0.05, 0.1) is 30.9 Å². The third kappa shape index (κ3) is 4.94.